The van der Waals surface area contributed by atoms with Crippen LogP contribution in [0.1, 0.15) is 54.1 Å². The Hall–Kier alpha value is -2.33. The van der Waals surface area contributed by atoms with Crippen LogP contribution in [-0.4, -0.2) is 29.8 Å². The molecule has 148 valence electrons. The molecule has 0 spiro atoms. The maximum absolute atomic E-state index is 12.9. The molecule has 2 amide bonds. The van der Waals surface area contributed by atoms with Crippen LogP contribution >= 0.6 is 11.6 Å². The van der Waals surface area contributed by atoms with Crippen molar-refractivity contribution in [1.29, 1.82) is 0 Å². The van der Waals surface area contributed by atoms with Gasteiger partial charge in [-0.2, -0.15) is 0 Å². The van der Waals surface area contributed by atoms with E-state index in [1.807, 2.05) is 31.2 Å². The average molecular weight is 399 g/mol. The van der Waals surface area contributed by atoms with Gasteiger partial charge in [0.05, 0.1) is 10.6 Å². The fraction of sp³-hybridized carbons (Fsp3) is 0.391. The maximum atomic E-state index is 12.9. The van der Waals surface area contributed by atoms with Gasteiger partial charge in [0.25, 0.3) is 5.91 Å². The number of nitrogens with one attached hydrogen (secondary N) is 1. The van der Waals surface area contributed by atoms with Crippen LogP contribution < -0.4 is 5.32 Å². The van der Waals surface area contributed by atoms with Gasteiger partial charge in [0, 0.05) is 24.7 Å². The lowest BCUT2D eigenvalue weighted by atomic mass is 9.93. The first-order valence-electron chi connectivity index (χ1n) is 9.82. The molecule has 1 saturated heterocycles. The molecule has 2 aromatic rings. The summed E-state index contributed by atoms with van der Waals surface area (Å²) in [5.41, 5.74) is 3.68. The minimum Gasteiger partial charge on any atom is -0.339 e. The van der Waals surface area contributed by atoms with Crippen molar-refractivity contribution >= 4 is 29.1 Å². The van der Waals surface area contributed by atoms with E-state index < -0.39 is 0 Å². The summed E-state index contributed by atoms with van der Waals surface area (Å²) in [5.74, 6) is 0.228. The summed E-state index contributed by atoms with van der Waals surface area (Å²) < 4.78 is 0. The Morgan fingerprint density at radius 1 is 1.07 bits per heavy atom. The van der Waals surface area contributed by atoms with Gasteiger partial charge in [-0.15, -0.1) is 0 Å². The molecule has 4 nitrogen and oxygen atoms in total. The number of aryl methyl sites for hydroxylation is 1. The molecule has 1 aliphatic rings. The third-order valence-electron chi connectivity index (χ3n) is 5.43. The Labute approximate surface area is 171 Å². The first-order valence-corrected chi connectivity index (χ1v) is 10.2. The summed E-state index contributed by atoms with van der Waals surface area (Å²) in [4.78, 5) is 27.3. The zero-order valence-corrected chi connectivity index (χ0v) is 17.4. The summed E-state index contributed by atoms with van der Waals surface area (Å²) in [6.07, 6.45) is 1.32. The lowest BCUT2D eigenvalue weighted by molar-refractivity contribution is -0.121. The van der Waals surface area contributed by atoms with E-state index in [1.165, 1.54) is 0 Å². The van der Waals surface area contributed by atoms with Gasteiger partial charge in [-0.25, -0.2) is 0 Å². The first-order chi connectivity index (χ1) is 13.4. The smallest absolute Gasteiger partial charge is 0.255 e. The standard InChI is InChI=1S/C23H27ClN2O2/c1-15(2)18-9-6-7-16(3)21(18)25-22(27)17-11-13-26(14-12-17)23(28)19-8-4-5-10-20(19)24/h4-10,15,17H,11-14H2,1-3H3,(H,25,27). The maximum Gasteiger partial charge on any atom is 0.255 e. The van der Waals surface area contributed by atoms with Crippen molar-refractivity contribution in [3.8, 4) is 0 Å². The minimum absolute atomic E-state index is 0.0426. The Bertz CT molecular complexity index is 871. The number of piperidine rings is 1. The SMILES string of the molecule is Cc1cccc(C(C)C)c1NC(=O)C1CCN(C(=O)c2ccccc2Cl)CC1. The molecule has 1 N–H and O–H groups in total. The van der Waals surface area contributed by atoms with Crippen LogP contribution in [0, 0.1) is 12.8 Å². The number of amides is 2. The van der Waals surface area contributed by atoms with Gasteiger partial charge in [0.2, 0.25) is 5.91 Å². The Kier molecular flexibility index (Phi) is 6.40. The number of hydrogen-bond donors (Lipinski definition) is 1. The number of benzene rings is 2. The molecule has 0 aliphatic carbocycles. The van der Waals surface area contributed by atoms with Gasteiger partial charge in [0.1, 0.15) is 0 Å². The molecule has 1 heterocycles. The second kappa shape index (κ2) is 8.78. The molecule has 0 unspecified atom stereocenters. The number of hydrogen-bond acceptors (Lipinski definition) is 2. The summed E-state index contributed by atoms with van der Waals surface area (Å²) in [5, 5.41) is 3.62. The highest BCUT2D eigenvalue weighted by Crippen LogP contribution is 2.29. The molecule has 3 rings (SSSR count). The van der Waals surface area contributed by atoms with Gasteiger partial charge in [-0.3, -0.25) is 9.59 Å². The molecular weight excluding hydrogens is 372 g/mol. The zero-order valence-electron chi connectivity index (χ0n) is 16.7. The fourth-order valence-corrected chi connectivity index (χ4v) is 3.93. The van der Waals surface area contributed by atoms with Crippen LogP contribution in [0.4, 0.5) is 5.69 Å². The van der Waals surface area contributed by atoms with Crippen LogP contribution in [0.3, 0.4) is 0 Å². The van der Waals surface area contributed by atoms with E-state index in [9.17, 15) is 9.59 Å². The predicted octanol–water partition coefficient (Wildman–Crippen LogP) is 5.26. The Morgan fingerprint density at radius 3 is 2.39 bits per heavy atom. The second-order valence-corrected chi connectivity index (χ2v) is 8.14. The Morgan fingerprint density at radius 2 is 1.75 bits per heavy atom. The zero-order chi connectivity index (χ0) is 20.3. The fourth-order valence-electron chi connectivity index (χ4n) is 3.72. The number of anilines is 1. The van der Waals surface area contributed by atoms with Gasteiger partial charge < -0.3 is 10.2 Å². The highest BCUT2D eigenvalue weighted by molar-refractivity contribution is 6.33. The largest absolute Gasteiger partial charge is 0.339 e. The van der Waals surface area contributed by atoms with Crippen LogP contribution in [0.25, 0.3) is 0 Å². The van der Waals surface area contributed by atoms with Crippen molar-refractivity contribution in [3.05, 3.63) is 64.2 Å². The molecule has 2 aromatic carbocycles. The topological polar surface area (TPSA) is 49.4 Å². The molecule has 5 heteroatoms. The third-order valence-corrected chi connectivity index (χ3v) is 5.76. The lowest BCUT2D eigenvalue weighted by Gasteiger charge is -2.32. The van der Waals surface area contributed by atoms with Crippen LogP contribution in [0.15, 0.2) is 42.5 Å². The molecule has 1 fully saturated rings. The van der Waals surface area contributed by atoms with E-state index >= 15 is 0 Å². The monoisotopic (exact) mass is 398 g/mol. The van der Waals surface area contributed by atoms with Gasteiger partial charge >= 0.3 is 0 Å². The molecule has 0 bridgehead atoms. The summed E-state index contributed by atoms with van der Waals surface area (Å²) in [6, 6.07) is 13.2. The molecule has 28 heavy (non-hydrogen) atoms. The third kappa shape index (κ3) is 4.39. The van der Waals surface area contributed by atoms with E-state index in [2.05, 4.69) is 25.2 Å². The summed E-state index contributed by atoms with van der Waals surface area (Å²) in [7, 11) is 0. The van der Waals surface area contributed by atoms with Crippen molar-refractivity contribution in [3.63, 3.8) is 0 Å². The van der Waals surface area contributed by atoms with Crippen LogP contribution in [0.5, 0.6) is 0 Å². The number of nitrogens with zero attached hydrogens (tertiary/aromatic N) is 1. The van der Waals surface area contributed by atoms with Gasteiger partial charge in [-0.05, 0) is 48.9 Å². The predicted molar refractivity (Wildman–Crippen MR) is 114 cm³/mol. The highest BCUT2D eigenvalue weighted by atomic mass is 35.5. The van der Waals surface area contributed by atoms with Crippen LogP contribution in [0.2, 0.25) is 5.02 Å². The van der Waals surface area contributed by atoms with Crippen molar-refractivity contribution in [2.24, 2.45) is 5.92 Å². The summed E-state index contributed by atoms with van der Waals surface area (Å²) in [6.45, 7) is 7.40. The van der Waals surface area contributed by atoms with Gasteiger partial charge in [-0.1, -0.05) is 55.8 Å². The van der Waals surface area contributed by atoms with Crippen molar-refractivity contribution in [2.45, 2.75) is 39.5 Å². The normalized spacial score (nSPS) is 15.0. The van der Waals surface area contributed by atoms with E-state index in [0.717, 1.165) is 16.8 Å². The molecule has 1 aliphatic heterocycles. The molecule has 0 atom stereocenters. The lowest BCUT2D eigenvalue weighted by Crippen LogP contribution is -2.41. The molecular formula is C23H27ClN2O2. The van der Waals surface area contributed by atoms with Crippen molar-refractivity contribution in [1.82, 2.24) is 4.90 Å². The Balaban J connectivity index is 1.64. The number of para-hydroxylation sites is 1. The van der Waals surface area contributed by atoms with E-state index in [1.54, 1.807) is 17.0 Å². The van der Waals surface area contributed by atoms with Crippen molar-refractivity contribution in [2.75, 3.05) is 18.4 Å². The van der Waals surface area contributed by atoms with Crippen molar-refractivity contribution < 1.29 is 9.59 Å². The van der Waals surface area contributed by atoms with Gasteiger partial charge in [0.15, 0.2) is 0 Å². The number of rotatable bonds is 4. The summed E-state index contributed by atoms with van der Waals surface area (Å²) >= 11 is 6.15. The molecule has 0 radical (unpaired) electrons. The number of halogens is 1. The number of likely N-dealkylation sites (tertiary alicyclic amines) is 1. The van der Waals surface area contributed by atoms with Crippen LogP contribution in [-0.2, 0) is 4.79 Å². The number of carbonyl (C=O) groups excluding carboxylic acids is 2. The van der Waals surface area contributed by atoms with E-state index in [0.29, 0.717) is 42.4 Å². The average Bonchev–Trinajstić information content (AvgIpc) is 2.69. The van der Waals surface area contributed by atoms with E-state index in [4.69, 9.17) is 11.6 Å². The highest BCUT2D eigenvalue weighted by Gasteiger charge is 2.29. The number of carbonyl (C=O) groups is 2. The second-order valence-electron chi connectivity index (χ2n) is 7.73. The quantitative estimate of drug-likeness (QED) is 0.763. The first kappa shape index (κ1) is 20.4. The molecule has 0 saturated carbocycles. The molecule has 0 aromatic heterocycles. The van der Waals surface area contributed by atoms with E-state index in [-0.39, 0.29) is 17.7 Å². The minimum atomic E-state index is -0.0880.